The Morgan fingerprint density at radius 2 is 2.22 bits per heavy atom. The fourth-order valence-electron chi connectivity index (χ4n) is 4.39. The molecule has 0 radical (unpaired) electrons. The molecule has 0 aliphatic carbocycles. The molecule has 2 aromatic heterocycles. The first-order valence-corrected chi connectivity index (χ1v) is 9.75. The first-order valence-electron chi connectivity index (χ1n) is 9.75. The van der Waals surface area contributed by atoms with Crippen LogP contribution in [0.15, 0.2) is 24.4 Å². The molecule has 2 aliphatic rings. The number of fused-ring (bicyclic) bond motifs is 3. The molecule has 2 aliphatic heterocycles. The quantitative estimate of drug-likeness (QED) is 0.776. The number of nitriles is 1. The highest BCUT2D eigenvalue weighted by atomic mass is 16.5. The Balaban J connectivity index is 1.74. The molecule has 6 heteroatoms. The Labute approximate surface area is 158 Å². The lowest BCUT2D eigenvalue weighted by Crippen LogP contribution is -2.43. The van der Waals surface area contributed by atoms with Crippen molar-refractivity contribution in [3.05, 3.63) is 35.8 Å². The fourth-order valence-corrected chi connectivity index (χ4v) is 4.39. The second-order valence-electron chi connectivity index (χ2n) is 7.82. The Morgan fingerprint density at radius 3 is 2.96 bits per heavy atom. The second-order valence-corrected chi connectivity index (χ2v) is 7.82. The predicted molar refractivity (Wildman–Crippen MR) is 103 cm³/mol. The monoisotopic (exact) mass is 361 g/mol. The third-order valence-electron chi connectivity index (χ3n) is 5.88. The summed E-state index contributed by atoms with van der Waals surface area (Å²) in [5, 5.41) is 13.8. The topological polar surface area (TPSA) is 75.8 Å². The van der Waals surface area contributed by atoms with Crippen molar-refractivity contribution in [3.63, 3.8) is 0 Å². The number of imidazole rings is 1. The zero-order valence-corrected chi connectivity index (χ0v) is 15.5. The van der Waals surface area contributed by atoms with Crippen LogP contribution >= 0.6 is 0 Å². The SMILES string of the molecule is C[C@@H]1C[C@H](n2c(CC3CNC3)nc3cnc4ccc(C#N)cc4c32)CCO1. The van der Waals surface area contributed by atoms with Crippen LogP contribution in [0.2, 0.25) is 0 Å². The molecule has 27 heavy (non-hydrogen) atoms. The Bertz CT molecular complexity index is 1050. The summed E-state index contributed by atoms with van der Waals surface area (Å²) in [5.41, 5.74) is 3.63. The van der Waals surface area contributed by atoms with Gasteiger partial charge in [-0.1, -0.05) is 0 Å². The minimum absolute atomic E-state index is 0.252. The van der Waals surface area contributed by atoms with Crippen molar-refractivity contribution in [1.29, 1.82) is 5.26 Å². The Hall–Kier alpha value is -2.49. The van der Waals surface area contributed by atoms with Gasteiger partial charge in [0.05, 0.1) is 35.0 Å². The molecule has 0 unspecified atom stereocenters. The lowest BCUT2D eigenvalue weighted by atomic mass is 9.98. The van der Waals surface area contributed by atoms with E-state index < -0.39 is 0 Å². The highest BCUT2D eigenvalue weighted by molar-refractivity contribution is 6.02. The van der Waals surface area contributed by atoms with Gasteiger partial charge in [0.25, 0.3) is 0 Å². The molecule has 2 atom stereocenters. The van der Waals surface area contributed by atoms with Gasteiger partial charge in [-0.05, 0) is 57.0 Å². The number of pyridine rings is 1. The molecule has 0 bridgehead atoms. The summed E-state index contributed by atoms with van der Waals surface area (Å²) < 4.78 is 8.24. The third-order valence-corrected chi connectivity index (χ3v) is 5.88. The maximum Gasteiger partial charge on any atom is 0.110 e. The van der Waals surface area contributed by atoms with E-state index in [2.05, 4.69) is 27.9 Å². The van der Waals surface area contributed by atoms with Crippen LogP contribution in [-0.4, -0.2) is 40.3 Å². The first-order chi connectivity index (χ1) is 13.2. The molecule has 1 N–H and O–H groups in total. The highest BCUT2D eigenvalue weighted by Crippen LogP contribution is 2.34. The van der Waals surface area contributed by atoms with Gasteiger partial charge in [0.2, 0.25) is 0 Å². The highest BCUT2D eigenvalue weighted by Gasteiger charge is 2.28. The normalized spacial score (nSPS) is 23.4. The molecule has 6 nitrogen and oxygen atoms in total. The Morgan fingerprint density at radius 1 is 1.33 bits per heavy atom. The fraction of sp³-hybridized carbons (Fsp3) is 0.476. The van der Waals surface area contributed by atoms with Gasteiger partial charge in [-0.2, -0.15) is 5.26 Å². The van der Waals surface area contributed by atoms with E-state index >= 15 is 0 Å². The number of hydrogen-bond acceptors (Lipinski definition) is 5. The maximum atomic E-state index is 9.37. The smallest absolute Gasteiger partial charge is 0.110 e. The molecule has 138 valence electrons. The number of benzene rings is 1. The van der Waals surface area contributed by atoms with Crippen LogP contribution in [0.4, 0.5) is 0 Å². The molecule has 0 amide bonds. The summed E-state index contributed by atoms with van der Waals surface area (Å²) in [7, 11) is 0. The van der Waals surface area contributed by atoms with Gasteiger partial charge in [0.15, 0.2) is 0 Å². The van der Waals surface area contributed by atoms with Gasteiger partial charge in [-0.25, -0.2) is 4.98 Å². The molecule has 2 fully saturated rings. The lowest BCUT2D eigenvalue weighted by molar-refractivity contribution is 0.00611. The standard InChI is InChI=1S/C21H23N5O/c1-13-6-16(4-5-27-13)26-20(8-15-10-23-11-15)25-19-12-24-18-3-2-14(9-22)7-17(18)21(19)26/h2-3,7,12-13,15-16,23H,4-6,8,10-11H2,1H3/t13-,16-/m1/s1. The van der Waals surface area contributed by atoms with Gasteiger partial charge in [0.1, 0.15) is 11.3 Å². The first kappa shape index (κ1) is 16.7. The van der Waals surface area contributed by atoms with Crippen LogP contribution in [0.3, 0.4) is 0 Å². The van der Waals surface area contributed by atoms with E-state index in [-0.39, 0.29) is 6.10 Å². The minimum atomic E-state index is 0.252. The van der Waals surface area contributed by atoms with Crippen molar-refractivity contribution < 1.29 is 4.74 Å². The zero-order valence-electron chi connectivity index (χ0n) is 15.5. The van der Waals surface area contributed by atoms with Crippen LogP contribution in [0.25, 0.3) is 21.9 Å². The third kappa shape index (κ3) is 2.88. The van der Waals surface area contributed by atoms with Crippen molar-refractivity contribution in [2.24, 2.45) is 5.92 Å². The lowest BCUT2D eigenvalue weighted by Gasteiger charge is -2.32. The summed E-state index contributed by atoms with van der Waals surface area (Å²) >= 11 is 0. The van der Waals surface area contributed by atoms with Crippen LogP contribution in [-0.2, 0) is 11.2 Å². The summed E-state index contributed by atoms with van der Waals surface area (Å²) in [5.74, 6) is 1.79. The van der Waals surface area contributed by atoms with Crippen molar-refractivity contribution in [3.8, 4) is 6.07 Å². The van der Waals surface area contributed by atoms with Gasteiger partial charge in [-0.3, -0.25) is 4.98 Å². The van der Waals surface area contributed by atoms with Crippen molar-refractivity contribution in [2.45, 2.75) is 38.3 Å². The van der Waals surface area contributed by atoms with E-state index in [9.17, 15) is 5.26 Å². The van der Waals surface area contributed by atoms with Crippen LogP contribution in [0, 0.1) is 17.2 Å². The zero-order chi connectivity index (χ0) is 18.4. The van der Waals surface area contributed by atoms with Crippen molar-refractivity contribution in [2.75, 3.05) is 19.7 Å². The summed E-state index contributed by atoms with van der Waals surface area (Å²) in [6.45, 7) is 5.05. The van der Waals surface area contributed by atoms with Gasteiger partial charge in [0, 0.05) is 24.5 Å². The van der Waals surface area contributed by atoms with E-state index in [1.807, 2.05) is 24.4 Å². The van der Waals surface area contributed by atoms with E-state index in [0.717, 1.165) is 66.7 Å². The number of ether oxygens (including phenoxy) is 1. The number of nitrogens with one attached hydrogen (secondary N) is 1. The van der Waals surface area contributed by atoms with E-state index in [4.69, 9.17) is 9.72 Å². The molecule has 4 heterocycles. The average Bonchev–Trinajstić information content (AvgIpc) is 3.03. The summed E-state index contributed by atoms with van der Waals surface area (Å²) in [4.78, 5) is 9.58. The van der Waals surface area contributed by atoms with Crippen LogP contribution < -0.4 is 5.32 Å². The van der Waals surface area contributed by atoms with Crippen molar-refractivity contribution >= 4 is 21.9 Å². The van der Waals surface area contributed by atoms with Gasteiger partial charge < -0.3 is 14.6 Å². The molecular weight excluding hydrogens is 338 g/mol. The van der Waals surface area contributed by atoms with E-state index in [0.29, 0.717) is 17.5 Å². The molecule has 3 aromatic rings. The molecule has 2 saturated heterocycles. The molecule has 0 saturated carbocycles. The second kappa shape index (κ2) is 6.59. The predicted octanol–water partition coefficient (Wildman–Crippen LogP) is 2.96. The van der Waals surface area contributed by atoms with Crippen molar-refractivity contribution in [1.82, 2.24) is 19.9 Å². The molecular formula is C21H23N5O. The molecule has 1 aromatic carbocycles. The number of nitrogens with zero attached hydrogens (tertiary/aromatic N) is 4. The Kier molecular flexibility index (Phi) is 4.07. The van der Waals surface area contributed by atoms with Gasteiger partial charge in [-0.15, -0.1) is 0 Å². The number of rotatable bonds is 3. The largest absolute Gasteiger partial charge is 0.378 e. The minimum Gasteiger partial charge on any atom is -0.378 e. The number of hydrogen-bond donors (Lipinski definition) is 1. The van der Waals surface area contributed by atoms with Crippen LogP contribution in [0.5, 0.6) is 0 Å². The maximum absolute atomic E-state index is 9.37. The average molecular weight is 361 g/mol. The number of aromatic nitrogens is 3. The van der Waals surface area contributed by atoms with E-state index in [1.54, 1.807) is 0 Å². The van der Waals surface area contributed by atoms with Crippen LogP contribution in [0.1, 0.15) is 37.2 Å². The molecule has 5 rings (SSSR count). The van der Waals surface area contributed by atoms with E-state index in [1.165, 1.54) is 0 Å². The summed E-state index contributed by atoms with van der Waals surface area (Å²) in [6.07, 6.45) is 5.09. The summed E-state index contributed by atoms with van der Waals surface area (Å²) in [6, 6.07) is 8.36. The molecule has 0 spiro atoms. The van der Waals surface area contributed by atoms with Gasteiger partial charge >= 0.3 is 0 Å².